The highest BCUT2D eigenvalue weighted by Crippen LogP contribution is 2.29. The largest absolute Gasteiger partial charge is 0.507 e. The van der Waals surface area contributed by atoms with Crippen LogP contribution in [0, 0.1) is 0 Å². The number of para-hydroxylation sites is 3. The van der Waals surface area contributed by atoms with E-state index in [4.69, 9.17) is 4.74 Å². The molecule has 0 saturated heterocycles. The maximum atomic E-state index is 12.1. The lowest BCUT2D eigenvalue weighted by atomic mass is 10.2. The Kier molecular flexibility index (Phi) is 6.18. The van der Waals surface area contributed by atoms with Gasteiger partial charge in [0, 0.05) is 5.56 Å². The highest BCUT2D eigenvalue weighted by atomic mass is 32.2. The molecular formula is C17H19N3O5S. The number of hydrazone groups is 1. The topological polar surface area (TPSA) is 108 Å². The monoisotopic (exact) mass is 377 g/mol. The summed E-state index contributed by atoms with van der Waals surface area (Å²) in [7, 11) is -2.32. The average molecular weight is 377 g/mol. The first-order chi connectivity index (χ1) is 12.3. The number of nitrogens with zero attached hydrogens (tertiary/aromatic N) is 2. The van der Waals surface area contributed by atoms with Crippen LogP contribution in [-0.2, 0) is 14.8 Å². The predicted octanol–water partition coefficient (Wildman–Crippen LogP) is 1.32. The number of carbonyl (C=O) groups excluding carboxylic acids is 1. The van der Waals surface area contributed by atoms with E-state index < -0.39 is 22.5 Å². The molecule has 0 heterocycles. The number of phenols is 1. The van der Waals surface area contributed by atoms with Crippen LogP contribution >= 0.6 is 0 Å². The Labute approximate surface area is 151 Å². The number of amides is 1. The van der Waals surface area contributed by atoms with Crippen LogP contribution in [0.5, 0.6) is 11.5 Å². The van der Waals surface area contributed by atoms with Crippen LogP contribution in [-0.4, -0.2) is 45.6 Å². The summed E-state index contributed by atoms with van der Waals surface area (Å²) in [6.45, 7) is -0.475. The number of hydrogen-bond acceptors (Lipinski definition) is 6. The number of nitrogens with one attached hydrogen (secondary N) is 1. The van der Waals surface area contributed by atoms with E-state index >= 15 is 0 Å². The van der Waals surface area contributed by atoms with Crippen molar-refractivity contribution >= 4 is 27.8 Å². The minimum atomic E-state index is -3.73. The molecule has 0 aliphatic carbocycles. The van der Waals surface area contributed by atoms with Gasteiger partial charge in [0.05, 0.1) is 25.3 Å². The molecule has 2 rings (SSSR count). The summed E-state index contributed by atoms with van der Waals surface area (Å²) in [6.07, 6.45) is 2.26. The van der Waals surface area contributed by atoms with Gasteiger partial charge in [-0.1, -0.05) is 24.3 Å². The first-order valence-electron chi connectivity index (χ1n) is 7.53. The van der Waals surface area contributed by atoms with Gasteiger partial charge in [0.15, 0.2) is 0 Å². The molecule has 0 aliphatic heterocycles. The van der Waals surface area contributed by atoms with Crippen LogP contribution in [0.25, 0.3) is 0 Å². The van der Waals surface area contributed by atoms with Crippen molar-refractivity contribution in [1.82, 2.24) is 5.43 Å². The molecule has 2 aromatic rings. The summed E-state index contributed by atoms with van der Waals surface area (Å²) in [4.78, 5) is 12.1. The molecule has 0 aliphatic rings. The fraction of sp³-hybridized carbons (Fsp3) is 0.176. The molecule has 0 atom stereocenters. The van der Waals surface area contributed by atoms with Gasteiger partial charge in [-0.05, 0) is 24.3 Å². The van der Waals surface area contributed by atoms with Crippen molar-refractivity contribution in [2.45, 2.75) is 0 Å². The van der Waals surface area contributed by atoms with Crippen molar-refractivity contribution in [3.05, 3.63) is 54.1 Å². The van der Waals surface area contributed by atoms with Crippen molar-refractivity contribution in [2.75, 3.05) is 24.2 Å². The third kappa shape index (κ3) is 4.96. The number of carbonyl (C=O) groups is 1. The number of benzene rings is 2. The maximum Gasteiger partial charge on any atom is 0.260 e. The normalized spacial score (nSPS) is 11.3. The van der Waals surface area contributed by atoms with Gasteiger partial charge in [-0.2, -0.15) is 5.10 Å². The van der Waals surface area contributed by atoms with Gasteiger partial charge in [-0.15, -0.1) is 0 Å². The summed E-state index contributed by atoms with van der Waals surface area (Å²) in [5, 5.41) is 13.4. The molecule has 138 valence electrons. The molecule has 2 N–H and O–H groups in total. The Morgan fingerprint density at radius 3 is 2.54 bits per heavy atom. The molecule has 0 radical (unpaired) electrons. The Morgan fingerprint density at radius 2 is 1.88 bits per heavy atom. The third-order valence-corrected chi connectivity index (χ3v) is 4.50. The molecule has 0 fully saturated rings. The van der Waals surface area contributed by atoms with Crippen molar-refractivity contribution in [3.8, 4) is 11.5 Å². The van der Waals surface area contributed by atoms with Crippen molar-refractivity contribution in [2.24, 2.45) is 5.10 Å². The number of phenolic OH excluding ortho intramolecular Hbond substituents is 1. The molecule has 26 heavy (non-hydrogen) atoms. The van der Waals surface area contributed by atoms with Crippen LogP contribution in [0.1, 0.15) is 5.56 Å². The lowest BCUT2D eigenvalue weighted by Gasteiger charge is -2.23. The van der Waals surface area contributed by atoms with E-state index in [1.807, 2.05) is 0 Å². The zero-order chi connectivity index (χ0) is 19.2. The van der Waals surface area contributed by atoms with E-state index in [0.29, 0.717) is 11.3 Å². The maximum absolute atomic E-state index is 12.1. The molecule has 0 bridgehead atoms. The van der Waals surface area contributed by atoms with Crippen LogP contribution in [0.15, 0.2) is 53.6 Å². The second-order valence-electron chi connectivity index (χ2n) is 5.29. The first-order valence-corrected chi connectivity index (χ1v) is 9.38. The lowest BCUT2D eigenvalue weighted by Crippen LogP contribution is -2.39. The van der Waals surface area contributed by atoms with E-state index in [1.54, 1.807) is 42.5 Å². The van der Waals surface area contributed by atoms with Gasteiger partial charge in [0.2, 0.25) is 10.0 Å². The zero-order valence-corrected chi connectivity index (χ0v) is 15.1. The molecule has 0 aromatic heterocycles. The molecule has 0 saturated carbocycles. The number of methoxy groups -OCH3 is 1. The van der Waals surface area contributed by atoms with E-state index in [-0.39, 0.29) is 11.4 Å². The minimum absolute atomic E-state index is 0.0114. The second kappa shape index (κ2) is 8.34. The SMILES string of the molecule is COc1ccccc1N(CC(=O)N/N=C\c1ccccc1O)S(C)(=O)=O. The smallest absolute Gasteiger partial charge is 0.260 e. The summed E-state index contributed by atoms with van der Waals surface area (Å²) < 4.78 is 30.3. The molecule has 0 unspecified atom stereocenters. The van der Waals surface area contributed by atoms with Crippen molar-refractivity contribution in [1.29, 1.82) is 0 Å². The van der Waals surface area contributed by atoms with E-state index in [2.05, 4.69) is 10.5 Å². The fourth-order valence-corrected chi connectivity index (χ4v) is 3.01. The molecule has 1 amide bonds. The number of ether oxygens (including phenoxy) is 1. The Balaban J connectivity index is 2.14. The molecule has 8 nitrogen and oxygen atoms in total. The van der Waals surface area contributed by atoms with Gasteiger partial charge in [0.1, 0.15) is 18.0 Å². The average Bonchev–Trinajstić information content (AvgIpc) is 2.60. The van der Waals surface area contributed by atoms with Gasteiger partial charge in [0.25, 0.3) is 5.91 Å². The number of rotatable bonds is 7. The summed E-state index contributed by atoms with van der Waals surface area (Å²) in [6, 6.07) is 12.9. The van der Waals surface area contributed by atoms with E-state index in [0.717, 1.165) is 10.6 Å². The zero-order valence-electron chi connectivity index (χ0n) is 14.3. The first kappa shape index (κ1) is 19.3. The predicted molar refractivity (Wildman–Crippen MR) is 99.0 cm³/mol. The number of hydrogen-bond donors (Lipinski definition) is 2. The van der Waals surface area contributed by atoms with Gasteiger partial charge in [-0.25, -0.2) is 13.8 Å². The standard InChI is InChI=1S/C17H19N3O5S/c1-25-16-10-6-4-8-14(16)20(26(2,23)24)12-17(22)19-18-11-13-7-3-5-9-15(13)21/h3-11,21H,12H2,1-2H3,(H,19,22)/b18-11-. The number of sulfonamides is 1. The summed E-state index contributed by atoms with van der Waals surface area (Å²) in [5.41, 5.74) is 2.90. The molecule has 9 heteroatoms. The van der Waals surface area contributed by atoms with E-state index in [9.17, 15) is 18.3 Å². The number of aromatic hydroxyl groups is 1. The quantitative estimate of drug-likeness (QED) is 0.559. The van der Waals surface area contributed by atoms with E-state index in [1.165, 1.54) is 19.4 Å². The van der Waals surface area contributed by atoms with Gasteiger partial charge < -0.3 is 9.84 Å². The third-order valence-electron chi connectivity index (χ3n) is 3.37. The second-order valence-corrected chi connectivity index (χ2v) is 7.20. The molecule has 0 spiro atoms. The highest BCUT2D eigenvalue weighted by Gasteiger charge is 2.23. The Hall–Kier alpha value is -3.07. The Bertz CT molecular complexity index is 912. The van der Waals surface area contributed by atoms with Gasteiger partial charge in [-0.3, -0.25) is 9.10 Å². The van der Waals surface area contributed by atoms with Gasteiger partial charge >= 0.3 is 0 Å². The van der Waals surface area contributed by atoms with Crippen LogP contribution < -0.4 is 14.5 Å². The summed E-state index contributed by atoms with van der Waals surface area (Å²) in [5.74, 6) is -0.311. The molecular weight excluding hydrogens is 358 g/mol. The minimum Gasteiger partial charge on any atom is -0.507 e. The van der Waals surface area contributed by atoms with Crippen molar-refractivity contribution < 1.29 is 23.1 Å². The lowest BCUT2D eigenvalue weighted by molar-refractivity contribution is -0.119. The Morgan fingerprint density at radius 1 is 1.23 bits per heavy atom. The number of anilines is 1. The fourth-order valence-electron chi connectivity index (χ4n) is 2.15. The van der Waals surface area contributed by atoms with Crippen molar-refractivity contribution in [3.63, 3.8) is 0 Å². The van der Waals surface area contributed by atoms with Crippen LogP contribution in [0.4, 0.5) is 5.69 Å². The summed E-state index contributed by atoms with van der Waals surface area (Å²) >= 11 is 0. The van der Waals surface area contributed by atoms with Crippen LogP contribution in [0.2, 0.25) is 0 Å². The highest BCUT2D eigenvalue weighted by molar-refractivity contribution is 7.92. The molecule has 2 aromatic carbocycles. The van der Waals surface area contributed by atoms with Crippen LogP contribution in [0.3, 0.4) is 0 Å².